The molecular formula is C11H10N6O2. The molecule has 0 aliphatic heterocycles. The van der Waals surface area contributed by atoms with E-state index in [9.17, 15) is 4.79 Å². The summed E-state index contributed by atoms with van der Waals surface area (Å²) >= 11 is 0. The van der Waals surface area contributed by atoms with Crippen LogP contribution < -0.4 is 0 Å². The molecular weight excluding hydrogens is 248 g/mol. The van der Waals surface area contributed by atoms with Crippen molar-refractivity contribution < 1.29 is 9.53 Å². The van der Waals surface area contributed by atoms with Gasteiger partial charge >= 0.3 is 5.97 Å². The van der Waals surface area contributed by atoms with Gasteiger partial charge < -0.3 is 4.74 Å². The zero-order valence-corrected chi connectivity index (χ0v) is 10.1. The highest BCUT2D eigenvalue weighted by Crippen LogP contribution is 2.17. The molecule has 3 rings (SSSR count). The number of fused-ring (bicyclic) bond motifs is 1. The van der Waals surface area contributed by atoms with Gasteiger partial charge in [0.15, 0.2) is 11.5 Å². The predicted octanol–water partition coefficient (Wildman–Crippen LogP) is 0.185. The molecule has 3 aromatic rings. The van der Waals surface area contributed by atoms with Crippen molar-refractivity contribution in [1.29, 1.82) is 0 Å². The van der Waals surface area contributed by atoms with Crippen LogP contribution in [0.5, 0.6) is 0 Å². The van der Waals surface area contributed by atoms with E-state index in [1.54, 1.807) is 29.5 Å². The van der Waals surface area contributed by atoms with Gasteiger partial charge in [-0.05, 0) is 0 Å². The van der Waals surface area contributed by atoms with E-state index in [-0.39, 0.29) is 12.5 Å². The Morgan fingerprint density at radius 1 is 1.42 bits per heavy atom. The largest absolute Gasteiger partial charge is 0.468 e. The fraction of sp³-hybridized carbons (Fsp3) is 0.182. The van der Waals surface area contributed by atoms with Crippen LogP contribution in [-0.2, 0) is 16.1 Å². The van der Waals surface area contributed by atoms with Crippen molar-refractivity contribution in [3.05, 3.63) is 31.2 Å². The van der Waals surface area contributed by atoms with Gasteiger partial charge in [0.05, 0.1) is 18.7 Å². The zero-order chi connectivity index (χ0) is 13.2. The lowest BCUT2D eigenvalue weighted by Crippen LogP contribution is -2.13. The van der Waals surface area contributed by atoms with Crippen LogP contribution in [0, 0.1) is 0 Å². The Labute approximate surface area is 107 Å². The minimum Gasteiger partial charge on any atom is -0.468 e. The van der Waals surface area contributed by atoms with Crippen LogP contribution >= 0.6 is 0 Å². The lowest BCUT2D eigenvalue weighted by molar-refractivity contribution is -0.141. The molecule has 3 aromatic heterocycles. The topological polar surface area (TPSA) is 87.7 Å². The summed E-state index contributed by atoms with van der Waals surface area (Å²) < 4.78 is 7.85. The molecule has 8 nitrogen and oxygen atoms in total. The quantitative estimate of drug-likeness (QED) is 0.623. The number of ether oxygens (including phenoxy) is 1. The Hall–Kier alpha value is -2.77. The van der Waals surface area contributed by atoms with E-state index >= 15 is 0 Å². The monoisotopic (exact) mass is 258 g/mol. The number of hydrogen-bond donors (Lipinski definition) is 0. The third-order valence-electron chi connectivity index (χ3n) is 2.67. The zero-order valence-electron chi connectivity index (χ0n) is 10.1. The minimum atomic E-state index is -0.382. The van der Waals surface area contributed by atoms with Crippen LogP contribution in [0.4, 0.5) is 0 Å². The predicted molar refractivity (Wildman–Crippen MR) is 64.5 cm³/mol. The van der Waals surface area contributed by atoms with Crippen LogP contribution in [0.15, 0.2) is 31.2 Å². The number of rotatable bonds is 3. The van der Waals surface area contributed by atoms with E-state index in [1.165, 1.54) is 18.1 Å². The van der Waals surface area contributed by atoms with Gasteiger partial charge in [0.2, 0.25) is 0 Å². The third kappa shape index (κ3) is 1.92. The summed E-state index contributed by atoms with van der Waals surface area (Å²) in [6.07, 6.45) is 8.12. The van der Waals surface area contributed by atoms with Gasteiger partial charge in [-0.2, -0.15) is 5.10 Å². The van der Waals surface area contributed by atoms with Crippen molar-refractivity contribution in [2.24, 2.45) is 0 Å². The highest BCUT2D eigenvalue weighted by atomic mass is 16.5. The molecule has 0 aromatic carbocycles. The standard InChI is InChI=1S/C11H10N6O2/c1-19-9(18)5-17-11-8(4-15-17)10(13-6-14-11)16-3-2-12-7-16/h2-4,6-7H,5H2,1H3. The molecule has 0 saturated heterocycles. The Morgan fingerprint density at radius 3 is 3.05 bits per heavy atom. The number of hydrogen-bond acceptors (Lipinski definition) is 6. The van der Waals surface area contributed by atoms with Crippen LogP contribution in [0.1, 0.15) is 0 Å². The third-order valence-corrected chi connectivity index (χ3v) is 2.67. The lowest BCUT2D eigenvalue weighted by atomic mass is 10.4. The van der Waals surface area contributed by atoms with Crippen LogP contribution in [0.2, 0.25) is 0 Å². The first-order valence-corrected chi connectivity index (χ1v) is 5.51. The number of carbonyl (C=O) groups excluding carboxylic acids is 1. The van der Waals surface area contributed by atoms with E-state index in [0.29, 0.717) is 11.5 Å². The molecule has 19 heavy (non-hydrogen) atoms. The Kier molecular flexibility index (Phi) is 2.67. The average Bonchev–Trinajstić information content (AvgIpc) is 3.08. The molecule has 0 amide bonds. The van der Waals surface area contributed by atoms with Crippen molar-refractivity contribution in [1.82, 2.24) is 29.3 Å². The number of nitrogens with zero attached hydrogens (tertiary/aromatic N) is 6. The Balaban J connectivity index is 2.10. The maximum Gasteiger partial charge on any atom is 0.327 e. The van der Waals surface area contributed by atoms with Gasteiger partial charge in [0, 0.05) is 12.4 Å². The van der Waals surface area contributed by atoms with E-state index in [4.69, 9.17) is 0 Å². The molecule has 0 aliphatic carbocycles. The molecule has 0 saturated carbocycles. The van der Waals surface area contributed by atoms with Gasteiger partial charge in [-0.1, -0.05) is 0 Å². The molecule has 0 aliphatic rings. The van der Waals surface area contributed by atoms with Gasteiger partial charge in [0.1, 0.15) is 19.2 Å². The summed E-state index contributed by atoms with van der Waals surface area (Å²) in [5.74, 6) is 0.284. The number of imidazole rings is 1. The fourth-order valence-corrected chi connectivity index (χ4v) is 1.77. The van der Waals surface area contributed by atoms with Gasteiger partial charge in [-0.3, -0.25) is 9.36 Å². The number of aromatic nitrogens is 6. The molecule has 0 bridgehead atoms. The summed E-state index contributed by atoms with van der Waals surface area (Å²) in [6.45, 7) is 0.0143. The molecule has 96 valence electrons. The number of methoxy groups -OCH3 is 1. The van der Waals surface area contributed by atoms with Crippen LogP contribution in [-0.4, -0.2) is 42.4 Å². The second-order valence-corrected chi connectivity index (χ2v) is 3.78. The Bertz CT molecular complexity index is 718. The van der Waals surface area contributed by atoms with Gasteiger partial charge in [-0.25, -0.2) is 19.6 Å². The van der Waals surface area contributed by atoms with Crippen LogP contribution in [0.3, 0.4) is 0 Å². The first kappa shape index (κ1) is 11.3. The Morgan fingerprint density at radius 2 is 2.32 bits per heavy atom. The number of esters is 1. The average molecular weight is 258 g/mol. The summed E-state index contributed by atoms with van der Waals surface area (Å²) in [5.41, 5.74) is 0.573. The second kappa shape index (κ2) is 4.48. The molecule has 0 spiro atoms. The molecule has 0 N–H and O–H groups in total. The van der Waals surface area contributed by atoms with E-state index in [1.807, 2.05) is 0 Å². The smallest absolute Gasteiger partial charge is 0.327 e. The molecule has 8 heteroatoms. The molecule has 0 radical (unpaired) electrons. The SMILES string of the molecule is COC(=O)Cn1ncc2c(-n3ccnc3)ncnc21. The van der Waals surface area contributed by atoms with Crippen LogP contribution in [0.25, 0.3) is 16.9 Å². The summed E-state index contributed by atoms with van der Waals surface area (Å²) in [5, 5.41) is 4.87. The summed E-state index contributed by atoms with van der Waals surface area (Å²) in [7, 11) is 1.33. The van der Waals surface area contributed by atoms with E-state index in [2.05, 4.69) is 24.8 Å². The highest BCUT2D eigenvalue weighted by Gasteiger charge is 2.13. The molecule has 0 unspecified atom stereocenters. The maximum atomic E-state index is 11.3. The van der Waals surface area contributed by atoms with Crippen molar-refractivity contribution in [3.8, 4) is 5.82 Å². The van der Waals surface area contributed by atoms with Crippen molar-refractivity contribution in [2.75, 3.05) is 7.11 Å². The summed E-state index contributed by atoms with van der Waals surface area (Å²) in [6, 6.07) is 0. The molecule has 0 fully saturated rings. The molecule has 3 heterocycles. The summed E-state index contributed by atoms with van der Waals surface area (Å²) in [4.78, 5) is 23.6. The highest BCUT2D eigenvalue weighted by molar-refractivity contribution is 5.83. The van der Waals surface area contributed by atoms with E-state index < -0.39 is 0 Å². The second-order valence-electron chi connectivity index (χ2n) is 3.78. The van der Waals surface area contributed by atoms with E-state index in [0.717, 1.165) is 5.39 Å². The fourth-order valence-electron chi connectivity index (χ4n) is 1.77. The maximum absolute atomic E-state index is 11.3. The van der Waals surface area contributed by atoms with Gasteiger partial charge in [0.25, 0.3) is 0 Å². The van der Waals surface area contributed by atoms with Gasteiger partial charge in [-0.15, -0.1) is 0 Å². The first-order chi connectivity index (χ1) is 9.29. The minimum absolute atomic E-state index is 0.0143. The van der Waals surface area contributed by atoms with Crippen molar-refractivity contribution in [2.45, 2.75) is 6.54 Å². The van der Waals surface area contributed by atoms with Crippen molar-refractivity contribution in [3.63, 3.8) is 0 Å². The lowest BCUT2D eigenvalue weighted by Gasteiger charge is -2.03. The number of carbonyl (C=O) groups is 1. The van der Waals surface area contributed by atoms with Crippen molar-refractivity contribution >= 4 is 17.0 Å². The molecule has 0 atom stereocenters. The normalized spacial score (nSPS) is 10.8. The first-order valence-electron chi connectivity index (χ1n) is 5.51.